The highest BCUT2D eigenvalue weighted by Crippen LogP contribution is 2.23. The normalized spacial score (nSPS) is 28.9. The second-order valence-corrected chi connectivity index (χ2v) is 4.93. The van der Waals surface area contributed by atoms with Gasteiger partial charge in [-0.2, -0.15) is 0 Å². The summed E-state index contributed by atoms with van der Waals surface area (Å²) in [4.78, 5) is 14.2. The van der Waals surface area contributed by atoms with Crippen LogP contribution < -0.4 is 5.73 Å². The molecule has 1 amide bonds. The largest absolute Gasteiger partial charge is 0.381 e. The van der Waals surface area contributed by atoms with Crippen molar-refractivity contribution >= 4 is 18.3 Å². The van der Waals surface area contributed by atoms with Gasteiger partial charge in [-0.1, -0.05) is 0 Å². The van der Waals surface area contributed by atoms with E-state index in [4.69, 9.17) is 10.5 Å². The lowest BCUT2D eigenvalue weighted by Gasteiger charge is -2.34. The number of ether oxygens (including phenoxy) is 1. The SMILES string of the molecule is Cl.NCCC1CCCN(C(=O)C2CCOC2)C1. The molecule has 2 fully saturated rings. The van der Waals surface area contributed by atoms with Gasteiger partial charge >= 0.3 is 0 Å². The van der Waals surface area contributed by atoms with Crippen molar-refractivity contribution in [3.8, 4) is 0 Å². The molecule has 2 heterocycles. The number of nitrogens with two attached hydrogens (primary N) is 1. The highest BCUT2D eigenvalue weighted by Gasteiger charge is 2.30. The Morgan fingerprint density at radius 3 is 2.88 bits per heavy atom. The van der Waals surface area contributed by atoms with E-state index >= 15 is 0 Å². The van der Waals surface area contributed by atoms with E-state index in [1.165, 1.54) is 6.42 Å². The van der Waals surface area contributed by atoms with Gasteiger partial charge in [-0.3, -0.25) is 4.79 Å². The summed E-state index contributed by atoms with van der Waals surface area (Å²) in [6.45, 7) is 3.94. The third-order valence-electron chi connectivity index (χ3n) is 3.68. The molecule has 2 atom stereocenters. The van der Waals surface area contributed by atoms with Crippen molar-refractivity contribution in [3.63, 3.8) is 0 Å². The second-order valence-electron chi connectivity index (χ2n) is 4.93. The molecule has 0 saturated carbocycles. The van der Waals surface area contributed by atoms with E-state index in [-0.39, 0.29) is 18.3 Å². The van der Waals surface area contributed by atoms with E-state index in [1.54, 1.807) is 0 Å². The van der Waals surface area contributed by atoms with Crippen LogP contribution in [0.3, 0.4) is 0 Å². The highest BCUT2D eigenvalue weighted by molar-refractivity contribution is 5.85. The molecule has 17 heavy (non-hydrogen) atoms. The summed E-state index contributed by atoms with van der Waals surface area (Å²) < 4.78 is 5.28. The molecule has 0 aromatic rings. The molecular weight excluding hydrogens is 240 g/mol. The number of halogens is 1. The number of amides is 1. The molecule has 5 heteroatoms. The molecule has 2 rings (SSSR count). The maximum absolute atomic E-state index is 12.2. The number of rotatable bonds is 3. The number of hydrogen-bond acceptors (Lipinski definition) is 3. The second kappa shape index (κ2) is 7.19. The maximum Gasteiger partial charge on any atom is 0.228 e. The van der Waals surface area contributed by atoms with Gasteiger partial charge in [0.05, 0.1) is 12.5 Å². The molecule has 2 N–H and O–H groups in total. The zero-order chi connectivity index (χ0) is 11.4. The lowest BCUT2D eigenvalue weighted by Crippen LogP contribution is -2.43. The van der Waals surface area contributed by atoms with Crippen LogP contribution in [0.25, 0.3) is 0 Å². The van der Waals surface area contributed by atoms with E-state index in [0.717, 1.165) is 45.5 Å². The minimum Gasteiger partial charge on any atom is -0.381 e. The molecule has 0 aromatic carbocycles. The fourth-order valence-corrected chi connectivity index (χ4v) is 2.72. The van der Waals surface area contributed by atoms with Crippen molar-refractivity contribution in [1.82, 2.24) is 4.90 Å². The minimum atomic E-state index is 0. The predicted octanol–water partition coefficient (Wildman–Crippen LogP) is 1.03. The first kappa shape index (κ1) is 14.7. The molecule has 2 aliphatic heterocycles. The molecule has 0 radical (unpaired) electrons. The summed E-state index contributed by atoms with van der Waals surface area (Å²) >= 11 is 0. The molecule has 0 bridgehead atoms. The Labute approximate surface area is 109 Å². The maximum atomic E-state index is 12.2. The van der Waals surface area contributed by atoms with Gasteiger partial charge < -0.3 is 15.4 Å². The zero-order valence-electron chi connectivity index (χ0n) is 10.3. The van der Waals surface area contributed by atoms with E-state index in [0.29, 0.717) is 18.4 Å². The molecule has 2 saturated heterocycles. The molecule has 0 aromatic heterocycles. The summed E-state index contributed by atoms with van der Waals surface area (Å²) in [5.41, 5.74) is 5.58. The summed E-state index contributed by atoms with van der Waals surface area (Å²) in [6, 6.07) is 0. The lowest BCUT2D eigenvalue weighted by molar-refractivity contribution is -0.137. The van der Waals surface area contributed by atoms with Gasteiger partial charge in [-0.05, 0) is 38.1 Å². The first-order valence-corrected chi connectivity index (χ1v) is 6.38. The van der Waals surface area contributed by atoms with Crippen LogP contribution in [0.15, 0.2) is 0 Å². The van der Waals surface area contributed by atoms with Crippen LogP contribution in [0.2, 0.25) is 0 Å². The number of hydrogen-bond donors (Lipinski definition) is 1. The number of piperidine rings is 1. The topological polar surface area (TPSA) is 55.6 Å². The Morgan fingerprint density at radius 2 is 2.24 bits per heavy atom. The van der Waals surface area contributed by atoms with Crippen molar-refractivity contribution in [2.24, 2.45) is 17.6 Å². The first-order valence-electron chi connectivity index (χ1n) is 6.38. The van der Waals surface area contributed by atoms with Crippen molar-refractivity contribution in [2.75, 3.05) is 32.8 Å². The van der Waals surface area contributed by atoms with Gasteiger partial charge in [0.15, 0.2) is 0 Å². The van der Waals surface area contributed by atoms with E-state index < -0.39 is 0 Å². The molecule has 4 nitrogen and oxygen atoms in total. The molecule has 0 aliphatic carbocycles. The van der Waals surface area contributed by atoms with Crippen LogP contribution in [0.4, 0.5) is 0 Å². The molecule has 100 valence electrons. The fraction of sp³-hybridized carbons (Fsp3) is 0.917. The Hall–Kier alpha value is -0.320. The molecule has 0 spiro atoms. The van der Waals surface area contributed by atoms with Crippen molar-refractivity contribution in [2.45, 2.75) is 25.7 Å². The fourth-order valence-electron chi connectivity index (χ4n) is 2.72. The zero-order valence-corrected chi connectivity index (χ0v) is 11.1. The van der Waals surface area contributed by atoms with Gasteiger partial charge in [-0.15, -0.1) is 12.4 Å². The first-order chi connectivity index (χ1) is 7.81. The van der Waals surface area contributed by atoms with Crippen LogP contribution in [-0.4, -0.2) is 43.7 Å². The van der Waals surface area contributed by atoms with Crippen molar-refractivity contribution in [3.05, 3.63) is 0 Å². The Balaban J connectivity index is 0.00000144. The molecule has 2 unspecified atom stereocenters. The van der Waals surface area contributed by atoms with Crippen LogP contribution in [0, 0.1) is 11.8 Å². The Kier molecular flexibility index (Phi) is 6.23. The quantitative estimate of drug-likeness (QED) is 0.827. The van der Waals surface area contributed by atoms with E-state index in [2.05, 4.69) is 0 Å². The van der Waals surface area contributed by atoms with Crippen LogP contribution >= 0.6 is 12.4 Å². The third kappa shape index (κ3) is 3.83. The van der Waals surface area contributed by atoms with Crippen LogP contribution in [0.5, 0.6) is 0 Å². The monoisotopic (exact) mass is 262 g/mol. The summed E-state index contributed by atoms with van der Waals surface area (Å²) in [5.74, 6) is 1.04. The van der Waals surface area contributed by atoms with E-state index in [1.807, 2.05) is 4.90 Å². The van der Waals surface area contributed by atoms with Gasteiger partial charge in [0.1, 0.15) is 0 Å². The number of likely N-dealkylation sites (tertiary alicyclic amines) is 1. The Morgan fingerprint density at radius 1 is 1.41 bits per heavy atom. The van der Waals surface area contributed by atoms with Crippen molar-refractivity contribution < 1.29 is 9.53 Å². The third-order valence-corrected chi connectivity index (χ3v) is 3.68. The van der Waals surface area contributed by atoms with Crippen LogP contribution in [0.1, 0.15) is 25.7 Å². The summed E-state index contributed by atoms with van der Waals surface area (Å²) in [6.07, 6.45) is 4.30. The predicted molar refractivity (Wildman–Crippen MR) is 69.1 cm³/mol. The smallest absolute Gasteiger partial charge is 0.228 e. The number of nitrogens with zero attached hydrogens (tertiary/aromatic N) is 1. The van der Waals surface area contributed by atoms with Gasteiger partial charge in [0, 0.05) is 19.7 Å². The van der Waals surface area contributed by atoms with Gasteiger partial charge in [-0.25, -0.2) is 0 Å². The van der Waals surface area contributed by atoms with Crippen molar-refractivity contribution in [1.29, 1.82) is 0 Å². The number of carbonyl (C=O) groups excluding carboxylic acids is 1. The standard InChI is InChI=1S/C12H22N2O2.ClH/c13-5-3-10-2-1-6-14(8-10)12(15)11-4-7-16-9-11;/h10-11H,1-9,13H2;1H. The van der Waals surface area contributed by atoms with Gasteiger partial charge in [0.25, 0.3) is 0 Å². The summed E-state index contributed by atoms with van der Waals surface area (Å²) in [7, 11) is 0. The number of carbonyl (C=O) groups is 1. The summed E-state index contributed by atoms with van der Waals surface area (Å²) in [5, 5.41) is 0. The minimum absolute atomic E-state index is 0. The van der Waals surface area contributed by atoms with Crippen LogP contribution in [-0.2, 0) is 9.53 Å². The van der Waals surface area contributed by atoms with Gasteiger partial charge in [0.2, 0.25) is 5.91 Å². The molecular formula is C12H23ClN2O2. The average molecular weight is 263 g/mol. The lowest BCUT2D eigenvalue weighted by atomic mass is 9.93. The average Bonchev–Trinajstić information content (AvgIpc) is 2.82. The molecule has 2 aliphatic rings. The Bertz CT molecular complexity index is 243. The highest BCUT2D eigenvalue weighted by atomic mass is 35.5. The van der Waals surface area contributed by atoms with E-state index in [9.17, 15) is 4.79 Å².